The minimum Gasteiger partial charge on any atom is -0.480 e. The van der Waals surface area contributed by atoms with Crippen LogP contribution in [0.2, 0.25) is 0 Å². The summed E-state index contributed by atoms with van der Waals surface area (Å²) in [5.74, 6) is -0.909. The zero-order chi connectivity index (χ0) is 11.4. The molecule has 1 rings (SSSR count). The van der Waals surface area contributed by atoms with Gasteiger partial charge in [-0.25, -0.2) is 9.59 Å². The Morgan fingerprint density at radius 1 is 1.40 bits per heavy atom. The van der Waals surface area contributed by atoms with Gasteiger partial charge in [0.05, 0.1) is 0 Å². The van der Waals surface area contributed by atoms with Crippen molar-refractivity contribution in [2.24, 2.45) is 0 Å². The molecule has 86 valence electrons. The Morgan fingerprint density at radius 2 is 2.07 bits per heavy atom. The van der Waals surface area contributed by atoms with E-state index < -0.39 is 12.0 Å². The van der Waals surface area contributed by atoms with Crippen LogP contribution in [-0.2, 0) is 4.79 Å². The monoisotopic (exact) mass is 214 g/mol. The lowest BCUT2D eigenvalue weighted by atomic mass is 10.0. The molecule has 0 radical (unpaired) electrons. The van der Waals surface area contributed by atoms with E-state index in [4.69, 9.17) is 5.11 Å². The molecule has 1 saturated heterocycles. The molecule has 15 heavy (non-hydrogen) atoms. The Hall–Kier alpha value is -1.26. The van der Waals surface area contributed by atoms with Crippen molar-refractivity contribution in [3.05, 3.63) is 0 Å². The van der Waals surface area contributed by atoms with Gasteiger partial charge in [-0.2, -0.15) is 0 Å². The van der Waals surface area contributed by atoms with Gasteiger partial charge >= 0.3 is 12.0 Å². The van der Waals surface area contributed by atoms with Crippen LogP contribution in [0.3, 0.4) is 0 Å². The average Bonchev–Trinajstić information content (AvgIpc) is 2.16. The summed E-state index contributed by atoms with van der Waals surface area (Å²) in [4.78, 5) is 24.0. The van der Waals surface area contributed by atoms with Gasteiger partial charge in [-0.15, -0.1) is 0 Å². The van der Waals surface area contributed by atoms with Gasteiger partial charge in [-0.05, 0) is 33.1 Å². The number of hydrogen-bond donors (Lipinski definition) is 2. The number of nitrogens with one attached hydrogen (secondary N) is 1. The zero-order valence-electron chi connectivity index (χ0n) is 9.19. The van der Waals surface area contributed by atoms with Gasteiger partial charge in [0.2, 0.25) is 0 Å². The van der Waals surface area contributed by atoms with Crippen molar-refractivity contribution >= 4 is 12.0 Å². The number of amides is 2. The van der Waals surface area contributed by atoms with Gasteiger partial charge in [0, 0.05) is 12.6 Å². The first kappa shape index (κ1) is 11.8. The fourth-order valence-electron chi connectivity index (χ4n) is 1.76. The summed E-state index contributed by atoms with van der Waals surface area (Å²) < 4.78 is 0. The minimum atomic E-state index is -0.909. The van der Waals surface area contributed by atoms with Crippen LogP contribution < -0.4 is 5.32 Å². The third-order valence-corrected chi connectivity index (χ3v) is 2.46. The quantitative estimate of drug-likeness (QED) is 0.721. The highest BCUT2D eigenvalue weighted by Gasteiger charge is 2.31. The molecule has 2 amide bonds. The van der Waals surface area contributed by atoms with Crippen molar-refractivity contribution in [2.75, 3.05) is 6.54 Å². The van der Waals surface area contributed by atoms with Crippen LogP contribution in [0.15, 0.2) is 0 Å². The molecule has 2 N–H and O–H groups in total. The number of carboxylic acid groups (broad SMARTS) is 1. The summed E-state index contributed by atoms with van der Waals surface area (Å²) in [7, 11) is 0. The molecule has 0 aliphatic carbocycles. The number of likely N-dealkylation sites (tertiary alicyclic amines) is 1. The van der Waals surface area contributed by atoms with Gasteiger partial charge in [0.1, 0.15) is 6.04 Å². The molecule has 5 nitrogen and oxygen atoms in total. The summed E-state index contributed by atoms with van der Waals surface area (Å²) in [6, 6.07) is -0.886. The van der Waals surface area contributed by atoms with E-state index in [0.717, 1.165) is 12.8 Å². The Balaban J connectivity index is 2.63. The van der Waals surface area contributed by atoms with Crippen molar-refractivity contribution in [3.63, 3.8) is 0 Å². The summed E-state index contributed by atoms with van der Waals surface area (Å²) in [6.07, 6.45) is 2.32. The Morgan fingerprint density at radius 3 is 2.60 bits per heavy atom. The highest BCUT2D eigenvalue weighted by molar-refractivity contribution is 5.82. The molecule has 5 heteroatoms. The first-order valence-corrected chi connectivity index (χ1v) is 5.32. The van der Waals surface area contributed by atoms with Gasteiger partial charge < -0.3 is 15.3 Å². The van der Waals surface area contributed by atoms with E-state index in [2.05, 4.69) is 5.32 Å². The molecule has 1 atom stereocenters. The summed E-state index contributed by atoms with van der Waals surface area (Å²) in [5.41, 5.74) is 0. The smallest absolute Gasteiger partial charge is 0.326 e. The molecule has 1 unspecified atom stereocenters. The van der Waals surface area contributed by atoms with E-state index in [-0.39, 0.29) is 12.1 Å². The van der Waals surface area contributed by atoms with Gasteiger partial charge in [0.15, 0.2) is 0 Å². The van der Waals surface area contributed by atoms with E-state index >= 15 is 0 Å². The first-order chi connectivity index (χ1) is 7.02. The summed E-state index contributed by atoms with van der Waals surface area (Å²) in [5, 5.41) is 11.7. The van der Waals surface area contributed by atoms with Crippen LogP contribution >= 0.6 is 0 Å². The number of carbonyl (C=O) groups excluding carboxylic acids is 1. The van der Waals surface area contributed by atoms with E-state index in [1.807, 2.05) is 13.8 Å². The molecule has 0 bridgehead atoms. The second-order valence-electron chi connectivity index (χ2n) is 4.15. The molecule has 0 spiro atoms. The number of hydrogen-bond acceptors (Lipinski definition) is 2. The molecular formula is C10H18N2O3. The number of aliphatic carboxylic acids is 1. The number of piperidine rings is 1. The largest absolute Gasteiger partial charge is 0.480 e. The van der Waals surface area contributed by atoms with Gasteiger partial charge in [0.25, 0.3) is 0 Å². The standard InChI is InChI=1S/C10H18N2O3/c1-7(2)11-10(15)12-6-4-3-5-8(12)9(13)14/h7-8H,3-6H2,1-2H3,(H,11,15)(H,13,14). The minimum absolute atomic E-state index is 0.0360. The molecule has 0 aromatic rings. The van der Waals surface area contributed by atoms with Crippen molar-refractivity contribution in [1.29, 1.82) is 0 Å². The molecular weight excluding hydrogens is 196 g/mol. The normalized spacial score (nSPS) is 21.5. The number of nitrogens with zero attached hydrogens (tertiary/aromatic N) is 1. The fraction of sp³-hybridized carbons (Fsp3) is 0.800. The third-order valence-electron chi connectivity index (χ3n) is 2.46. The second kappa shape index (κ2) is 5.00. The molecule has 1 heterocycles. The van der Waals surface area contributed by atoms with Gasteiger partial charge in [-0.3, -0.25) is 0 Å². The zero-order valence-corrected chi connectivity index (χ0v) is 9.19. The van der Waals surface area contributed by atoms with Crippen molar-refractivity contribution in [3.8, 4) is 0 Å². The van der Waals surface area contributed by atoms with E-state index in [1.54, 1.807) is 0 Å². The maximum Gasteiger partial charge on any atom is 0.326 e. The number of carbonyl (C=O) groups is 2. The number of carboxylic acids is 1. The fourth-order valence-corrected chi connectivity index (χ4v) is 1.76. The van der Waals surface area contributed by atoms with E-state index in [0.29, 0.717) is 13.0 Å². The van der Waals surface area contributed by atoms with Crippen molar-refractivity contribution in [1.82, 2.24) is 10.2 Å². The molecule has 0 aromatic heterocycles. The highest BCUT2D eigenvalue weighted by Crippen LogP contribution is 2.17. The molecule has 1 aliphatic heterocycles. The predicted molar refractivity (Wildman–Crippen MR) is 55.6 cm³/mol. The average molecular weight is 214 g/mol. The first-order valence-electron chi connectivity index (χ1n) is 5.32. The molecule has 1 aliphatic rings. The van der Waals surface area contributed by atoms with Crippen molar-refractivity contribution in [2.45, 2.75) is 45.2 Å². The lowest BCUT2D eigenvalue weighted by molar-refractivity contribution is -0.143. The Bertz CT molecular complexity index is 253. The molecule has 0 saturated carbocycles. The maximum atomic E-state index is 11.7. The topological polar surface area (TPSA) is 69.6 Å². The van der Waals surface area contributed by atoms with Crippen LogP contribution in [-0.4, -0.2) is 40.6 Å². The molecule has 0 aromatic carbocycles. The summed E-state index contributed by atoms with van der Waals surface area (Å²) >= 11 is 0. The molecule has 1 fully saturated rings. The third kappa shape index (κ3) is 3.11. The SMILES string of the molecule is CC(C)NC(=O)N1CCCCC1C(=O)O. The lowest BCUT2D eigenvalue weighted by Gasteiger charge is -2.33. The summed E-state index contributed by atoms with van der Waals surface area (Å²) in [6.45, 7) is 4.25. The number of rotatable bonds is 2. The number of urea groups is 1. The van der Waals surface area contributed by atoms with Crippen LogP contribution in [0, 0.1) is 0 Å². The Labute approximate surface area is 89.4 Å². The van der Waals surface area contributed by atoms with Crippen LogP contribution in [0.4, 0.5) is 4.79 Å². The predicted octanol–water partition coefficient (Wildman–Crippen LogP) is 1.04. The van der Waals surface area contributed by atoms with Crippen LogP contribution in [0.25, 0.3) is 0 Å². The Kier molecular flexibility index (Phi) is 3.94. The highest BCUT2D eigenvalue weighted by atomic mass is 16.4. The van der Waals surface area contributed by atoms with Crippen LogP contribution in [0.5, 0.6) is 0 Å². The van der Waals surface area contributed by atoms with E-state index in [1.165, 1.54) is 4.90 Å². The van der Waals surface area contributed by atoms with Gasteiger partial charge in [-0.1, -0.05) is 0 Å². The van der Waals surface area contributed by atoms with Crippen LogP contribution in [0.1, 0.15) is 33.1 Å². The second-order valence-corrected chi connectivity index (χ2v) is 4.15. The maximum absolute atomic E-state index is 11.7. The van der Waals surface area contributed by atoms with E-state index in [9.17, 15) is 9.59 Å². The van der Waals surface area contributed by atoms with Crippen molar-refractivity contribution < 1.29 is 14.7 Å². The lowest BCUT2D eigenvalue weighted by Crippen LogP contribution is -2.53.